The van der Waals surface area contributed by atoms with Gasteiger partial charge in [-0.2, -0.15) is 18.4 Å². The van der Waals surface area contributed by atoms with Gasteiger partial charge in [0.1, 0.15) is 24.2 Å². The van der Waals surface area contributed by atoms with Crippen LogP contribution in [0.15, 0.2) is 66.3 Å². The van der Waals surface area contributed by atoms with Gasteiger partial charge in [-0.15, -0.1) is 11.3 Å². The largest absolute Gasteiger partial charge is 0.478 e. The zero-order valence-electron chi connectivity index (χ0n) is 39.5. The fourth-order valence-electron chi connectivity index (χ4n) is 8.04. The van der Waals surface area contributed by atoms with Crippen molar-refractivity contribution in [3.63, 3.8) is 0 Å². The molecule has 0 unspecified atom stereocenters. The van der Waals surface area contributed by atoms with Gasteiger partial charge in [-0.3, -0.25) is 24.1 Å². The predicted octanol–water partition coefficient (Wildman–Crippen LogP) is 7.74. The number of benzene rings is 2. The quantitative estimate of drug-likeness (QED) is 0.0651. The number of aryl methyl sites for hydroxylation is 1. The van der Waals surface area contributed by atoms with E-state index in [4.69, 9.17) is 26.4 Å². The van der Waals surface area contributed by atoms with Crippen molar-refractivity contribution in [1.82, 2.24) is 25.5 Å². The van der Waals surface area contributed by atoms with Crippen molar-refractivity contribution < 1.29 is 46.6 Å². The first kappa shape index (κ1) is 52.4. The van der Waals surface area contributed by atoms with E-state index in [9.17, 15) is 37.6 Å². The van der Waals surface area contributed by atoms with Crippen LogP contribution in [-0.4, -0.2) is 101 Å². The summed E-state index contributed by atoms with van der Waals surface area (Å²) in [5.41, 5.74) is 1.52. The summed E-state index contributed by atoms with van der Waals surface area (Å²) in [6.45, 7) is 12.8. The third-order valence-electron chi connectivity index (χ3n) is 11.8. The molecule has 2 saturated heterocycles. The van der Waals surface area contributed by atoms with Gasteiger partial charge in [0, 0.05) is 39.0 Å². The summed E-state index contributed by atoms with van der Waals surface area (Å²) in [6, 6.07) is 14.3. The SMILES string of the molecule is Cc1ncsc1-c1ccc(CNC(=O)[C@@H]2CCCN2C(=O)[C@@H](NC(=O)COCCCOCCCCOc2ccc(N3C(=S)N(c4ccc(C#N)c(C(F)(F)F)c4)C(=O)C3(C)C)cn2)C(C)(C)C)cc1. The fourth-order valence-corrected chi connectivity index (χ4v) is 9.38. The van der Waals surface area contributed by atoms with Crippen LogP contribution in [0.1, 0.15) is 89.1 Å². The Hall–Kier alpha value is -6.01. The number of alkyl halides is 3. The number of thiazole rings is 1. The van der Waals surface area contributed by atoms with Gasteiger partial charge < -0.3 is 34.6 Å². The molecule has 2 N–H and O–H groups in total. The number of hydrogen-bond donors (Lipinski definition) is 2. The molecule has 2 fully saturated rings. The number of thiocarbonyl (C=S) groups is 1. The number of anilines is 2. The lowest BCUT2D eigenvalue weighted by Crippen LogP contribution is -2.58. The molecule has 368 valence electrons. The number of hydrogen-bond acceptors (Lipinski definition) is 12. The second-order valence-corrected chi connectivity index (χ2v) is 19.5. The molecular weight excluding hydrogens is 934 g/mol. The molecule has 4 heterocycles. The van der Waals surface area contributed by atoms with Gasteiger partial charge in [0.2, 0.25) is 23.6 Å². The molecule has 2 atom stereocenters. The highest BCUT2D eigenvalue weighted by Crippen LogP contribution is 2.40. The van der Waals surface area contributed by atoms with Crippen molar-refractivity contribution in [2.24, 2.45) is 5.41 Å². The number of carbonyl (C=O) groups is 4. The van der Waals surface area contributed by atoms with Gasteiger partial charge in [-0.05, 0) is 106 Å². The Bertz CT molecular complexity index is 2520. The number of likely N-dealkylation sites (tertiary alicyclic amines) is 1. The topological polar surface area (TPSA) is 179 Å². The summed E-state index contributed by atoms with van der Waals surface area (Å²) >= 11 is 7.18. The maximum absolute atomic E-state index is 13.9. The first-order valence-electron chi connectivity index (χ1n) is 22.6. The monoisotopic (exact) mass is 990 g/mol. The third kappa shape index (κ3) is 12.8. The van der Waals surface area contributed by atoms with E-state index >= 15 is 0 Å². The number of aromatic nitrogens is 2. The molecule has 69 heavy (non-hydrogen) atoms. The molecule has 0 aliphatic carbocycles. The van der Waals surface area contributed by atoms with Gasteiger partial charge in [0.05, 0.1) is 57.5 Å². The molecule has 0 spiro atoms. The first-order valence-corrected chi connectivity index (χ1v) is 23.9. The Morgan fingerprint density at radius 3 is 2.32 bits per heavy atom. The molecule has 4 amide bonds. The van der Waals surface area contributed by atoms with E-state index in [-0.39, 0.29) is 35.8 Å². The van der Waals surface area contributed by atoms with Crippen molar-refractivity contribution in [1.29, 1.82) is 5.26 Å². The maximum Gasteiger partial charge on any atom is 0.417 e. The van der Waals surface area contributed by atoms with E-state index < -0.39 is 52.2 Å². The lowest BCUT2D eigenvalue weighted by molar-refractivity contribution is -0.144. The Morgan fingerprint density at radius 2 is 1.67 bits per heavy atom. The Labute approximate surface area is 409 Å². The molecule has 2 aromatic heterocycles. The van der Waals surface area contributed by atoms with Gasteiger partial charge in [0.25, 0.3) is 5.91 Å². The highest BCUT2D eigenvalue weighted by atomic mass is 32.1. The number of nitrogens with zero attached hydrogens (tertiary/aromatic N) is 6. The molecule has 15 nitrogen and oxygen atoms in total. The van der Waals surface area contributed by atoms with Crippen LogP contribution in [0.4, 0.5) is 24.5 Å². The average molecular weight is 991 g/mol. The number of carbonyl (C=O) groups excluding carboxylic acids is 4. The lowest BCUT2D eigenvalue weighted by Gasteiger charge is -2.35. The molecule has 20 heteroatoms. The molecule has 2 aliphatic rings. The van der Waals surface area contributed by atoms with Crippen LogP contribution in [0.5, 0.6) is 5.88 Å². The number of pyridine rings is 1. The molecule has 0 radical (unpaired) electrons. The van der Waals surface area contributed by atoms with Crippen molar-refractivity contribution in [2.45, 2.75) is 104 Å². The van der Waals surface area contributed by atoms with Gasteiger partial charge in [-0.1, -0.05) is 45.0 Å². The predicted molar refractivity (Wildman–Crippen MR) is 258 cm³/mol. The highest BCUT2D eigenvalue weighted by molar-refractivity contribution is 7.81. The zero-order valence-corrected chi connectivity index (χ0v) is 41.1. The van der Waals surface area contributed by atoms with Crippen molar-refractivity contribution >= 4 is 63.7 Å². The summed E-state index contributed by atoms with van der Waals surface area (Å²) in [5.74, 6) is -1.18. The van der Waals surface area contributed by atoms with Crippen LogP contribution in [-0.2, 0) is 41.4 Å². The number of nitriles is 1. The normalized spacial score (nSPS) is 16.4. The van der Waals surface area contributed by atoms with Crippen LogP contribution >= 0.6 is 23.6 Å². The molecule has 6 rings (SSSR count). The van der Waals surface area contributed by atoms with Gasteiger partial charge >= 0.3 is 6.18 Å². The number of nitrogens with one attached hydrogen (secondary N) is 2. The minimum absolute atomic E-state index is 0.0402. The van der Waals surface area contributed by atoms with Crippen molar-refractivity contribution in [3.8, 4) is 22.4 Å². The summed E-state index contributed by atoms with van der Waals surface area (Å²) in [4.78, 5) is 67.7. The minimum Gasteiger partial charge on any atom is -0.478 e. The maximum atomic E-state index is 13.9. The van der Waals surface area contributed by atoms with Gasteiger partial charge in [-0.25, -0.2) is 9.97 Å². The molecular formula is C49H57F3N8O7S2. The Balaban J connectivity index is 0.857. The van der Waals surface area contributed by atoms with E-state index in [1.54, 1.807) is 42.2 Å². The van der Waals surface area contributed by atoms with Crippen LogP contribution in [0.3, 0.4) is 0 Å². The smallest absolute Gasteiger partial charge is 0.417 e. The molecule has 2 aliphatic heterocycles. The first-order chi connectivity index (χ1) is 32.7. The average Bonchev–Trinajstić information content (AvgIpc) is 4.02. The number of amides is 4. The minimum atomic E-state index is -4.81. The number of rotatable bonds is 20. The Kier molecular flexibility index (Phi) is 17.2. The zero-order chi connectivity index (χ0) is 50.1. The number of halogens is 3. The van der Waals surface area contributed by atoms with Crippen LogP contribution < -0.4 is 25.2 Å². The second kappa shape index (κ2) is 22.6. The van der Waals surface area contributed by atoms with E-state index in [2.05, 4.69) is 20.6 Å². The van der Waals surface area contributed by atoms with Crippen LogP contribution in [0.2, 0.25) is 0 Å². The molecule has 4 aromatic rings. The summed E-state index contributed by atoms with van der Waals surface area (Å²) in [7, 11) is 0. The summed E-state index contributed by atoms with van der Waals surface area (Å²) < 4.78 is 58.2. The van der Waals surface area contributed by atoms with E-state index in [0.29, 0.717) is 76.6 Å². The molecule has 2 aromatic carbocycles. The van der Waals surface area contributed by atoms with E-state index in [1.165, 1.54) is 23.2 Å². The molecule has 0 bridgehead atoms. The number of ether oxygens (including phenoxy) is 3. The summed E-state index contributed by atoms with van der Waals surface area (Å²) in [5, 5.41) is 15.0. The number of unbranched alkanes of at least 4 members (excludes halogenated alkanes) is 1. The Morgan fingerprint density at radius 1 is 0.971 bits per heavy atom. The highest BCUT2D eigenvalue weighted by Gasteiger charge is 2.51. The molecule has 0 saturated carbocycles. The lowest BCUT2D eigenvalue weighted by atomic mass is 9.85. The summed E-state index contributed by atoms with van der Waals surface area (Å²) in [6.07, 6.45) is -0.213. The standard InChI is InChI=1S/C49H57F3N8O7S2/c1-31-41(69-30-56-31)33-14-12-32(13-15-33)27-55-43(62)38-11-9-20-58(38)44(63)42(47(2,3)4)57-39(61)29-66-23-10-22-65-21-7-8-24-67-40-19-18-36(28-54-40)60-46(68)59(45(64)48(60,5)6)35-17-16-34(26-53)37(25-35)49(50,51)52/h12-19,25,28,30,38,42H,7-11,20-24,27,29H2,1-6H3,(H,55,62)(H,57,61)/t38-,42+/m0/s1. The van der Waals surface area contributed by atoms with E-state index in [1.807, 2.05) is 57.5 Å². The van der Waals surface area contributed by atoms with Crippen molar-refractivity contribution in [3.05, 3.63) is 88.7 Å². The second-order valence-electron chi connectivity index (χ2n) is 18.3. The van der Waals surface area contributed by atoms with Crippen LogP contribution in [0, 0.1) is 23.7 Å². The van der Waals surface area contributed by atoms with Crippen molar-refractivity contribution in [2.75, 3.05) is 49.4 Å². The fraction of sp³-hybridized carbons (Fsp3) is 0.469. The van der Waals surface area contributed by atoms with E-state index in [0.717, 1.165) is 38.7 Å². The third-order valence-corrected chi connectivity index (χ3v) is 13.1. The van der Waals surface area contributed by atoms with Crippen LogP contribution in [0.25, 0.3) is 10.4 Å². The van der Waals surface area contributed by atoms with Gasteiger partial charge in [0.15, 0.2) is 5.11 Å².